The van der Waals surface area contributed by atoms with Crippen LogP contribution >= 0.6 is 55.7 Å². The van der Waals surface area contributed by atoms with Crippen LogP contribution < -0.4 is 5.73 Å². The molecule has 1 atom stereocenters. The summed E-state index contributed by atoms with van der Waals surface area (Å²) in [4.78, 5) is 1.28. The van der Waals surface area contributed by atoms with Crippen molar-refractivity contribution < 1.29 is 16.8 Å². The van der Waals surface area contributed by atoms with Gasteiger partial charge in [-0.15, -0.1) is 0 Å². The number of hydrogen-bond donors (Lipinski definition) is 2. The van der Waals surface area contributed by atoms with E-state index in [1.165, 1.54) is 23.9 Å². The molecule has 2 aromatic carbocycles. The van der Waals surface area contributed by atoms with Gasteiger partial charge in [0.2, 0.25) is 0 Å². The lowest BCUT2D eigenvalue weighted by Crippen LogP contribution is -2.28. The molecule has 0 fully saturated rings. The molecule has 3 rings (SSSR count). The van der Waals surface area contributed by atoms with Gasteiger partial charge in [-0.05, 0) is 37.3 Å². The minimum atomic E-state index is -4.02. The Balaban J connectivity index is 2.07. The van der Waals surface area contributed by atoms with Gasteiger partial charge < -0.3 is 5.73 Å². The number of benzene rings is 2. The number of nitrogens with zero attached hydrogens (tertiary/aromatic N) is 1. The highest BCUT2D eigenvalue weighted by Gasteiger charge is 2.41. The number of halogens is 2. The van der Waals surface area contributed by atoms with Gasteiger partial charge in [0.15, 0.2) is 16.2 Å². The summed E-state index contributed by atoms with van der Waals surface area (Å²) in [6.07, 6.45) is 1.54. The van der Waals surface area contributed by atoms with Crippen molar-refractivity contribution in [1.29, 1.82) is 5.41 Å². The first-order valence-corrected chi connectivity index (χ1v) is 12.9. The number of sulfonamides is 1. The second-order valence-electron chi connectivity index (χ2n) is 5.94. The van der Waals surface area contributed by atoms with Crippen molar-refractivity contribution >= 4 is 77.2 Å². The lowest BCUT2D eigenvalue weighted by Gasteiger charge is -2.06. The van der Waals surface area contributed by atoms with Crippen molar-refractivity contribution in [3.63, 3.8) is 0 Å². The van der Waals surface area contributed by atoms with Gasteiger partial charge in [0.05, 0.1) is 9.80 Å². The zero-order chi connectivity index (χ0) is 21.2. The van der Waals surface area contributed by atoms with E-state index in [4.69, 9.17) is 15.4 Å². The summed E-state index contributed by atoms with van der Waals surface area (Å²) in [7, 11) is -4.02. The fraction of sp³-hybridized carbons (Fsp3) is 0.111. The summed E-state index contributed by atoms with van der Waals surface area (Å²) in [5, 5.41) is 7.65. The topological polar surface area (TPSA) is 96.2 Å². The summed E-state index contributed by atoms with van der Waals surface area (Å²) in [6.45, 7) is 1.88. The molecule has 3 N–H and O–H groups in total. The van der Waals surface area contributed by atoms with E-state index >= 15 is 0 Å². The quantitative estimate of drug-likeness (QED) is 0.127. The van der Waals surface area contributed by atoms with Crippen LogP contribution in [-0.2, 0) is 14.3 Å². The maximum Gasteiger partial charge on any atom is 0.440 e. The van der Waals surface area contributed by atoms with Crippen molar-refractivity contribution in [2.24, 2.45) is 5.73 Å². The maximum absolute atomic E-state index is 13.4. The van der Waals surface area contributed by atoms with Crippen molar-refractivity contribution in [2.75, 3.05) is 0 Å². The minimum absolute atomic E-state index is 0.0971. The van der Waals surface area contributed by atoms with Crippen molar-refractivity contribution in [2.45, 2.75) is 20.9 Å². The van der Waals surface area contributed by atoms with Crippen LogP contribution in [0.4, 0.5) is 0 Å². The van der Waals surface area contributed by atoms with E-state index in [-0.39, 0.29) is 10.7 Å². The molecule has 0 amide bonds. The summed E-state index contributed by atoms with van der Waals surface area (Å²) >= 11 is 8.99. The molecule has 1 unspecified atom stereocenters. The molecule has 0 aromatic heterocycles. The number of thioether (sulfide) groups is 1. The molecule has 0 aliphatic carbocycles. The molecule has 2 aromatic rings. The van der Waals surface area contributed by atoms with Crippen LogP contribution in [0.15, 0.2) is 73.8 Å². The smallest absolute Gasteiger partial charge is 0.383 e. The van der Waals surface area contributed by atoms with E-state index in [1.807, 2.05) is 31.2 Å². The first-order valence-electron chi connectivity index (χ1n) is 8.14. The summed E-state index contributed by atoms with van der Waals surface area (Å²) in [5.41, 5.74) is 6.85. The van der Waals surface area contributed by atoms with Crippen LogP contribution in [0.1, 0.15) is 5.56 Å². The molecule has 1 aliphatic rings. The number of nitrogens with one attached hydrogen (secondary N) is 1. The molecule has 0 saturated heterocycles. The van der Waals surface area contributed by atoms with Gasteiger partial charge in [0.25, 0.3) is 5.71 Å². The Morgan fingerprint density at radius 3 is 2.55 bits per heavy atom. The number of alkyl halides is 1. The minimum Gasteiger partial charge on any atom is -0.383 e. The predicted octanol–water partition coefficient (Wildman–Crippen LogP) is 4.83. The third-order valence-corrected chi connectivity index (χ3v) is 8.67. The maximum atomic E-state index is 13.4. The Hall–Kier alpha value is -1.27. The first-order chi connectivity index (χ1) is 13.7. The van der Waals surface area contributed by atoms with Crippen molar-refractivity contribution in [1.82, 2.24) is 0 Å². The highest BCUT2D eigenvalue weighted by atomic mass is 79.9. The van der Waals surface area contributed by atoms with Crippen molar-refractivity contribution in [3.05, 3.63) is 69.5 Å². The van der Waals surface area contributed by atoms with Crippen LogP contribution in [0.5, 0.6) is 0 Å². The average molecular weight is 578 g/mol. The number of allylic oxidation sites excluding steroid dienone is 1. The third-order valence-electron chi connectivity index (χ3n) is 3.75. The first kappa shape index (κ1) is 22.4. The number of nitrogens with two attached hydrogens (primary N) is 1. The molecule has 0 spiro atoms. The predicted molar refractivity (Wildman–Crippen MR) is 125 cm³/mol. The third kappa shape index (κ3) is 5.26. The second-order valence-corrected chi connectivity index (χ2v) is 12.1. The van der Waals surface area contributed by atoms with Crippen LogP contribution in [0.3, 0.4) is 0 Å². The average Bonchev–Trinajstić information content (AvgIpc) is 3.04. The van der Waals surface area contributed by atoms with Gasteiger partial charge in [-0.25, -0.2) is 0 Å². The summed E-state index contributed by atoms with van der Waals surface area (Å²) in [6, 6.07) is 13.8. The van der Waals surface area contributed by atoms with E-state index in [1.54, 1.807) is 18.2 Å². The van der Waals surface area contributed by atoms with E-state index in [0.717, 1.165) is 31.1 Å². The normalized spacial score (nSPS) is 18.3. The largest absolute Gasteiger partial charge is 0.440 e. The van der Waals surface area contributed by atoms with Gasteiger partial charge >= 0.3 is 10.0 Å². The number of hydrogen-bond acceptors (Lipinski definition) is 6. The lowest BCUT2D eigenvalue weighted by atomic mass is 10.2. The molecule has 152 valence electrons. The highest BCUT2D eigenvalue weighted by molar-refractivity contribution is 9.11. The fourth-order valence-electron chi connectivity index (χ4n) is 2.31. The Morgan fingerprint density at radius 1 is 1.28 bits per heavy atom. The molecular weight excluding hydrogens is 562 g/mol. The summed E-state index contributed by atoms with van der Waals surface area (Å²) in [5.74, 6) is -0.137. The molecular formula is C18H16Br2N3O3S3+. The zero-order valence-electron chi connectivity index (χ0n) is 15.0. The number of amidine groups is 1. The van der Waals surface area contributed by atoms with Gasteiger partial charge in [0, 0.05) is 10.5 Å². The Morgan fingerprint density at radius 2 is 1.97 bits per heavy atom. The monoisotopic (exact) mass is 576 g/mol. The Labute approximate surface area is 194 Å². The van der Waals surface area contributed by atoms with Crippen LogP contribution in [0.25, 0.3) is 0 Å². The molecule has 0 saturated carbocycles. The second kappa shape index (κ2) is 9.25. The lowest BCUT2D eigenvalue weighted by molar-refractivity contribution is -0.617. The molecule has 0 radical (unpaired) electrons. The SMILES string of the molecule is Cc1ccc(S(=O)(=O)[N+](OSc2cccc(Br)c2)=C2C=C(C(=N)N)SC2Br)cc1. The fourth-order valence-corrected chi connectivity index (χ4v) is 6.87. The molecule has 29 heavy (non-hydrogen) atoms. The highest BCUT2D eigenvalue weighted by Crippen LogP contribution is 2.36. The van der Waals surface area contributed by atoms with Crippen molar-refractivity contribution in [3.8, 4) is 0 Å². The Bertz CT molecular complexity index is 1120. The standard InChI is InChI=1S/C18H16Br2N3O3S3/c1-11-5-7-14(8-6-11)29(24,25)23(15-10-16(18(21)22)27-17(15)20)26-28-13-4-2-3-12(19)9-13/h2-10,17H,1H3,(H3,21,22)/q+1. The molecule has 0 bridgehead atoms. The van der Waals surface area contributed by atoms with E-state index in [9.17, 15) is 8.42 Å². The van der Waals surface area contributed by atoms with Gasteiger partial charge in [-0.1, -0.05) is 67.4 Å². The summed E-state index contributed by atoms with van der Waals surface area (Å²) < 4.78 is 33.7. The van der Waals surface area contributed by atoms with Crippen LogP contribution in [-0.4, -0.2) is 28.3 Å². The molecule has 1 aliphatic heterocycles. The number of rotatable bonds is 6. The molecule has 6 nitrogen and oxygen atoms in total. The van der Waals surface area contributed by atoms with E-state index < -0.39 is 14.2 Å². The molecule has 1 heterocycles. The van der Waals surface area contributed by atoms with E-state index in [0.29, 0.717) is 10.6 Å². The van der Waals surface area contributed by atoms with Crippen LogP contribution in [0.2, 0.25) is 0 Å². The Kier molecular flexibility index (Phi) is 7.15. The van der Waals surface area contributed by atoms with E-state index in [2.05, 4.69) is 31.9 Å². The zero-order valence-corrected chi connectivity index (χ0v) is 20.6. The van der Waals surface area contributed by atoms with Gasteiger partial charge in [-0.2, -0.15) is 12.7 Å². The van der Waals surface area contributed by atoms with Gasteiger partial charge in [-0.3, -0.25) is 5.41 Å². The number of aryl methyl sites for hydroxylation is 1. The molecule has 11 heteroatoms. The van der Waals surface area contributed by atoms with Gasteiger partial charge in [0.1, 0.15) is 14.9 Å². The van der Waals surface area contributed by atoms with Crippen LogP contribution in [0, 0.1) is 12.3 Å².